The first kappa shape index (κ1) is 32.6. The van der Waals surface area contributed by atoms with Crippen molar-refractivity contribution in [1.29, 1.82) is 0 Å². The number of piperazine rings is 1. The first-order valence-electron chi connectivity index (χ1n) is 16.1. The minimum absolute atomic E-state index is 0.110. The van der Waals surface area contributed by atoms with Crippen LogP contribution < -0.4 is 15.0 Å². The summed E-state index contributed by atoms with van der Waals surface area (Å²) in [5.74, 6) is -0.254. The highest BCUT2D eigenvalue weighted by Gasteiger charge is 2.30. The van der Waals surface area contributed by atoms with E-state index in [1.807, 2.05) is 50.4 Å². The van der Waals surface area contributed by atoms with Crippen LogP contribution in [0.5, 0.6) is 11.5 Å². The minimum Gasteiger partial charge on any atom is -0.478 e. The van der Waals surface area contributed by atoms with Crippen LogP contribution in [0.15, 0.2) is 59.7 Å². The van der Waals surface area contributed by atoms with Gasteiger partial charge in [-0.1, -0.05) is 19.4 Å². The van der Waals surface area contributed by atoms with Gasteiger partial charge in [0.25, 0.3) is 0 Å². The number of thiophene rings is 1. The van der Waals surface area contributed by atoms with Gasteiger partial charge in [0.05, 0.1) is 11.9 Å². The fraction of sp³-hybridized carbons (Fsp3) is 0.417. The summed E-state index contributed by atoms with van der Waals surface area (Å²) in [6, 6.07) is 11.1. The number of carboxylic acid groups (broad SMARTS) is 1. The number of aromatic nitrogens is 2. The van der Waals surface area contributed by atoms with Crippen LogP contribution in [0.1, 0.15) is 69.1 Å². The molecule has 10 nitrogen and oxygen atoms in total. The zero-order valence-corrected chi connectivity index (χ0v) is 28.5. The molecule has 0 atom stereocenters. The molecule has 1 aliphatic heterocycles. The first-order chi connectivity index (χ1) is 22.3. The Labute approximate surface area is 279 Å². The molecular formula is C36H43N5O5S. The van der Waals surface area contributed by atoms with Crippen molar-refractivity contribution in [2.45, 2.75) is 59.5 Å². The van der Waals surface area contributed by atoms with Gasteiger partial charge in [0.2, 0.25) is 0 Å². The van der Waals surface area contributed by atoms with Gasteiger partial charge in [0.1, 0.15) is 28.3 Å². The highest BCUT2D eigenvalue weighted by Crippen LogP contribution is 2.45. The Morgan fingerprint density at radius 3 is 2.64 bits per heavy atom. The Hall–Kier alpha value is -4.35. The predicted molar refractivity (Wildman–Crippen MR) is 187 cm³/mol. The van der Waals surface area contributed by atoms with Gasteiger partial charge in [-0.2, -0.15) is 0 Å². The highest BCUT2D eigenvalue weighted by molar-refractivity contribution is 7.11. The summed E-state index contributed by atoms with van der Waals surface area (Å²) in [4.78, 5) is 37.8. The number of nitrogens with one attached hydrogen (secondary N) is 2. The molecule has 47 heavy (non-hydrogen) atoms. The lowest BCUT2D eigenvalue weighted by Gasteiger charge is -2.39. The first-order valence-corrected chi connectivity index (χ1v) is 17.0. The topological polar surface area (TPSA) is 120 Å². The normalized spacial score (nSPS) is 17.2. The van der Waals surface area contributed by atoms with Gasteiger partial charge in [-0.05, 0) is 81.4 Å². The number of hydrogen-bond donors (Lipinski definition) is 3. The number of allylic oxidation sites excluding steroid dienone is 1. The molecule has 1 aliphatic carbocycles. The third-order valence-corrected chi connectivity index (χ3v) is 9.67. The van der Waals surface area contributed by atoms with E-state index in [-0.39, 0.29) is 11.0 Å². The number of ether oxygens (including phenoxy) is 2. The van der Waals surface area contributed by atoms with Gasteiger partial charge in [0, 0.05) is 66.3 Å². The van der Waals surface area contributed by atoms with Crippen LogP contribution in [0, 0.1) is 5.41 Å². The molecule has 6 rings (SSSR count). The molecule has 1 saturated heterocycles. The van der Waals surface area contributed by atoms with Crippen molar-refractivity contribution in [2.24, 2.45) is 5.41 Å². The number of anilines is 2. The summed E-state index contributed by atoms with van der Waals surface area (Å²) in [7, 11) is 0. The number of nitrogens with zero attached hydrogens (tertiary/aromatic N) is 3. The molecule has 1 amide bonds. The smallest absolute Gasteiger partial charge is 0.412 e. The monoisotopic (exact) mass is 657 g/mol. The van der Waals surface area contributed by atoms with Crippen molar-refractivity contribution >= 4 is 51.4 Å². The van der Waals surface area contributed by atoms with E-state index in [9.17, 15) is 14.7 Å². The lowest BCUT2D eigenvalue weighted by Crippen LogP contribution is -2.47. The maximum atomic E-state index is 12.4. The second kappa shape index (κ2) is 13.0. The molecule has 4 heterocycles. The van der Waals surface area contributed by atoms with Crippen LogP contribution in [0.3, 0.4) is 0 Å². The summed E-state index contributed by atoms with van der Waals surface area (Å²) < 4.78 is 11.5. The number of hydrogen-bond acceptors (Lipinski definition) is 8. The van der Waals surface area contributed by atoms with Gasteiger partial charge in [-0.25, -0.2) is 14.6 Å². The van der Waals surface area contributed by atoms with E-state index >= 15 is 0 Å². The van der Waals surface area contributed by atoms with Crippen molar-refractivity contribution in [3.8, 4) is 11.5 Å². The molecule has 1 fully saturated rings. The lowest BCUT2D eigenvalue weighted by molar-refractivity contribution is 0.0634. The van der Waals surface area contributed by atoms with E-state index < -0.39 is 17.7 Å². The summed E-state index contributed by atoms with van der Waals surface area (Å²) in [6.07, 6.45) is 6.16. The standard InChI is InChI=1S/C36H43N5O5S/c1-35(2,3)46-34(44)39-25-17-31(47-22-25)29-19-36(4,5)10-8-24(29)21-40-12-14-41(15-13-40)26-6-7-28(33(42)43)30(18-26)45-27-16-23-9-11-37-32(23)38-20-27/h6-7,9,11,16-18,20,22H,8,10,12-15,19,21H2,1-5H3,(H,37,38)(H,39,44)(H,42,43). The number of carboxylic acids is 1. The number of amides is 1. The fourth-order valence-corrected chi connectivity index (χ4v) is 7.19. The van der Waals surface area contributed by atoms with Crippen molar-refractivity contribution in [3.05, 3.63) is 70.2 Å². The lowest BCUT2D eigenvalue weighted by atomic mass is 9.74. The van der Waals surface area contributed by atoms with E-state index in [2.05, 4.69) is 45.0 Å². The van der Waals surface area contributed by atoms with Crippen molar-refractivity contribution in [2.75, 3.05) is 42.9 Å². The maximum absolute atomic E-state index is 12.4. The average Bonchev–Trinajstić information content (AvgIpc) is 3.66. The SMILES string of the molecule is CC1(C)CCC(CN2CCN(c3ccc(C(=O)O)c(Oc4cnc5[nH]ccc5c4)c3)CC2)=C(c2cc(NC(=O)OC(C)(C)C)cs2)C1. The Kier molecular flexibility index (Phi) is 9.04. The third kappa shape index (κ3) is 7.97. The molecule has 0 radical (unpaired) electrons. The third-order valence-electron chi connectivity index (χ3n) is 8.68. The minimum atomic E-state index is -1.04. The van der Waals surface area contributed by atoms with Crippen molar-refractivity contribution in [1.82, 2.24) is 14.9 Å². The Bertz CT molecular complexity index is 1810. The number of fused-ring (bicyclic) bond motifs is 1. The number of carbonyl (C=O) groups is 2. The second-order valence-electron chi connectivity index (χ2n) is 14.2. The maximum Gasteiger partial charge on any atom is 0.412 e. The summed E-state index contributed by atoms with van der Waals surface area (Å²) >= 11 is 1.67. The molecule has 4 aromatic rings. The van der Waals surface area contributed by atoms with Gasteiger partial charge in [-0.15, -0.1) is 11.3 Å². The van der Waals surface area contributed by atoms with Crippen LogP contribution in [0.25, 0.3) is 16.6 Å². The predicted octanol–water partition coefficient (Wildman–Crippen LogP) is 8.25. The summed E-state index contributed by atoms with van der Waals surface area (Å²) in [5, 5.41) is 15.6. The average molecular weight is 658 g/mol. The molecule has 3 aromatic heterocycles. The van der Waals surface area contributed by atoms with Crippen molar-refractivity contribution < 1.29 is 24.2 Å². The number of aromatic carboxylic acids is 1. The van der Waals surface area contributed by atoms with Crippen molar-refractivity contribution in [3.63, 3.8) is 0 Å². The van der Waals surface area contributed by atoms with Gasteiger partial charge in [-0.3, -0.25) is 10.2 Å². The largest absolute Gasteiger partial charge is 0.478 e. The molecule has 1 aromatic carbocycles. The highest BCUT2D eigenvalue weighted by atomic mass is 32.1. The van der Waals surface area contributed by atoms with Gasteiger partial charge < -0.3 is 24.5 Å². The van der Waals surface area contributed by atoms with Crippen LogP contribution in [-0.4, -0.2) is 70.4 Å². The number of pyridine rings is 1. The van der Waals surface area contributed by atoms with E-state index in [0.717, 1.165) is 74.4 Å². The van der Waals surface area contributed by atoms with Gasteiger partial charge in [0.15, 0.2) is 0 Å². The molecule has 0 saturated carbocycles. The van der Waals surface area contributed by atoms with E-state index in [4.69, 9.17) is 9.47 Å². The Balaban J connectivity index is 1.14. The fourth-order valence-electron chi connectivity index (χ4n) is 6.25. The second-order valence-corrected chi connectivity index (χ2v) is 15.1. The number of rotatable bonds is 8. The van der Waals surface area contributed by atoms with Crippen LogP contribution in [0.4, 0.5) is 16.2 Å². The molecular weight excluding hydrogens is 614 g/mol. The van der Waals surface area contributed by atoms with Crippen LogP contribution in [-0.2, 0) is 4.74 Å². The zero-order valence-electron chi connectivity index (χ0n) is 27.7. The number of H-pyrrole nitrogens is 1. The number of aromatic amines is 1. The summed E-state index contributed by atoms with van der Waals surface area (Å²) in [5.41, 5.74) is 5.08. The number of benzene rings is 1. The number of carbonyl (C=O) groups excluding carboxylic acids is 1. The quantitative estimate of drug-likeness (QED) is 0.173. The van der Waals surface area contributed by atoms with E-state index in [1.165, 1.54) is 16.0 Å². The molecule has 3 N–H and O–H groups in total. The Morgan fingerprint density at radius 2 is 1.89 bits per heavy atom. The Morgan fingerprint density at radius 1 is 1.11 bits per heavy atom. The molecule has 0 bridgehead atoms. The molecule has 0 spiro atoms. The molecule has 0 unspecified atom stereocenters. The van der Waals surface area contributed by atoms with E-state index in [1.54, 1.807) is 29.8 Å². The van der Waals surface area contributed by atoms with E-state index in [0.29, 0.717) is 11.5 Å². The zero-order chi connectivity index (χ0) is 33.3. The summed E-state index contributed by atoms with van der Waals surface area (Å²) in [6.45, 7) is 14.6. The van der Waals surface area contributed by atoms with Crippen LogP contribution in [0.2, 0.25) is 0 Å². The van der Waals surface area contributed by atoms with Crippen LogP contribution >= 0.6 is 11.3 Å². The molecule has 11 heteroatoms. The molecule has 2 aliphatic rings. The molecule has 248 valence electrons. The van der Waals surface area contributed by atoms with Gasteiger partial charge >= 0.3 is 12.1 Å².